The first kappa shape index (κ1) is 25.4. The molecule has 1 fully saturated rings. The molecule has 0 unspecified atom stereocenters. The number of hydrogen-bond donors (Lipinski definition) is 2. The van der Waals surface area contributed by atoms with E-state index in [1.165, 1.54) is 11.3 Å². The smallest absolute Gasteiger partial charge is 0.350 e. The van der Waals surface area contributed by atoms with Crippen LogP contribution in [-0.2, 0) is 16.0 Å². The van der Waals surface area contributed by atoms with E-state index in [1.807, 2.05) is 37.3 Å². The van der Waals surface area contributed by atoms with Gasteiger partial charge < -0.3 is 14.4 Å². The number of rotatable bonds is 9. The van der Waals surface area contributed by atoms with Gasteiger partial charge in [0.15, 0.2) is 5.13 Å². The molecule has 5 rings (SSSR count). The number of aromatic nitrogens is 7. The number of carbonyl (C=O) groups is 2. The van der Waals surface area contributed by atoms with Gasteiger partial charge in [0.1, 0.15) is 17.0 Å². The van der Waals surface area contributed by atoms with Crippen LogP contribution >= 0.6 is 11.3 Å². The number of thiazole rings is 1. The van der Waals surface area contributed by atoms with Crippen molar-refractivity contribution in [2.24, 2.45) is 5.92 Å². The van der Waals surface area contributed by atoms with Crippen LogP contribution in [-0.4, -0.2) is 67.5 Å². The summed E-state index contributed by atoms with van der Waals surface area (Å²) in [4.78, 5) is 40.4. The molecular formula is C25H27N9O3S. The molecule has 4 aromatic rings. The second kappa shape index (κ2) is 11.4. The summed E-state index contributed by atoms with van der Waals surface area (Å²) in [6.45, 7) is 5.46. The zero-order valence-electron chi connectivity index (χ0n) is 21.0. The number of H-pyrrole nitrogens is 1. The molecule has 0 atom stereocenters. The van der Waals surface area contributed by atoms with E-state index in [9.17, 15) is 9.59 Å². The normalized spacial score (nSPS) is 13.9. The highest BCUT2D eigenvalue weighted by Gasteiger charge is 2.22. The first-order chi connectivity index (χ1) is 18.6. The molecule has 0 saturated carbocycles. The van der Waals surface area contributed by atoms with Crippen molar-refractivity contribution in [2.75, 3.05) is 29.9 Å². The third kappa shape index (κ3) is 5.52. The fourth-order valence-corrected chi connectivity index (χ4v) is 5.18. The van der Waals surface area contributed by atoms with Crippen molar-refractivity contribution in [2.45, 2.75) is 33.1 Å². The summed E-state index contributed by atoms with van der Waals surface area (Å²) in [5.41, 5.74) is 3.09. The molecule has 0 spiro atoms. The number of tetrazole rings is 1. The van der Waals surface area contributed by atoms with E-state index in [1.54, 1.807) is 6.92 Å². The van der Waals surface area contributed by atoms with Crippen LogP contribution in [0.3, 0.4) is 0 Å². The molecule has 1 aromatic carbocycles. The Hall–Kier alpha value is -4.26. The number of carbonyl (C=O) groups excluding carboxylic acids is 2. The van der Waals surface area contributed by atoms with Crippen molar-refractivity contribution in [1.29, 1.82) is 0 Å². The van der Waals surface area contributed by atoms with Gasteiger partial charge in [-0.2, -0.15) is 10.2 Å². The second-order valence-corrected chi connectivity index (χ2v) is 9.70. The molecule has 3 aromatic heterocycles. The van der Waals surface area contributed by atoms with Gasteiger partial charge in [-0.25, -0.2) is 14.8 Å². The van der Waals surface area contributed by atoms with Gasteiger partial charge in [0.2, 0.25) is 11.8 Å². The molecule has 12 nitrogen and oxygen atoms in total. The van der Waals surface area contributed by atoms with Crippen LogP contribution in [0.15, 0.2) is 30.3 Å². The Bertz CT molecular complexity index is 1400. The van der Waals surface area contributed by atoms with Gasteiger partial charge in [-0.3, -0.25) is 5.32 Å². The Morgan fingerprint density at radius 1 is 1.16 bits per heavy atom. The predicted molar refractivity (Wildman–Crippen MR) is 142 cm³/mol. The second-order valence-electron chi connectivity index (χ2n) is 8.70. The molecule has 13 heteroatoms. The largest absolute Gasteiger partial charge is 0.462 e. The number of aldehydes is 1. The van der Waals surface area contributed by atoms with E-state index in [2.05, 4.69) is 35.8 Å². The average molecular weight is 534 g/mol. The Labute approximate surface area is 222 Å². The standard InChI is InChI=1S/C25H27N9O3S/c1-3-18-21(23(36)37-4-2)38-25(27-18)29-24-26-19(13-20(28-24)34-11-9-15(14-35)10-12-34)16-5-7-17(8-6-16)22-30-32-33-31-22/h5-8,13-15H,3-4,9-12H2,1-2H3,(H,26,27,28,29)(H,30,31,32,33). The fraction of sp³-hybridized carbons (Fsp3) is 0.360. The van der Waals surface area contributed by atoms with E-state index in [-0.39, 0.29) is 11.9 Å². The van der Waals surface area contributed by atoms with Crippen LogP contribution in [0, 0.1) is 5.92 Å². The van der Waals surface area contributed by atoms with Gasteiger partial charge in [0, 0.05) is 36.2 Å². The number of hydrogen-bond acceptors (Lipinski definition) is 12. The van der Waals surface area contributed by atoms with Crippen LogP contribution in [0.1, 0.15) is 42.1 Å². The number of nitrogens with zero attached hydrogens (tertiary/aromatic N) is 7. The molecule has 1 saturated heterocycles. The van der Waals surface area contributed by atoms with Gasteiger partial charge in [0.05, 0.1) is 18.0 Å². The average Bonchev–Trinajstić information content (AvgIpc) is 3.64. The molecule has 4 heterocycles. The quantitative estimate of drug-likeness (QED) is 0.239. The maximum absolute atomic E-state index is 12.4. The lowest BCUT2D eigenvalue weighted by atomic mass is 9.98. The highest BCUT2D eigenvalue weighted by molar-refractivity contribution is 7.17. The van der Waals surface area contributed by atoms with Crippen molar-refractivity contribution in [3.8, 4) is 22.6 Å². The first-order valence-electron chi connectivity index (χ1n) is 12.4. The number of piperidine rings is 1. The summed E-state index contributed by atoms with van der Waals surface area (Å²) in [6, 6.07) is 9.64. The lowest BCUT2D eigenvalue weighted by Crippen LogP contribution is -2.34. The lowest BCUT2D eigenvalue weighted by molar-refractivity contribution is -0.111. The number of aromatic amines is 1. The summed E-state index contributed by atoms with van der Waals surface area (Å²) in [6.07, 6.45) is 3.19. The van der Waals surface area contributed by atoms with E-state index < -0.39 is 0 Å². The molecule has 0 radical (unpaired) electrons. The summed E-state index contributed by atoms with van der Waals surface area (Å²) in [5.74, 6) is 1.32. The molecule has 38 heavy (non-hydrogen) atoms. The zero-order chi connectivity index (χ0) is 26.5. The van der Waals surface area contributed by atoms with Gasteiger partial charge in [0.25, 0.3) is 0 Å². The van der Waals surface area contributed by atoms with Crippen molar-refractivity contribution in [3.63, 3.8) is 0 Å². The number of anilines is 3. The number of benzene rings is 1. The number of esters is 1. The summed E-state index contributed by atoms with van der Waals surface area (Å²) < 4.78 is 5.19. The molecule has 196 valence electrons. The minimum absolute atomic E-state index is 0.0759. The summed E-state index contributed by atoms with van der Waals surface area (Å²) in [7, 11) is 0. The Kier molecular flexibility index (Phi) is 7.63. The maximum atomic E-state index is 12.4. The fourth-order valence-electron chi connectivity index (χ4n) is 4.24. The number of nitrogens with one attached hydrogen (secondary N) is 2. The van der Waals surface area contributed by atoms with Crippen molar-refractivity contribution < 1.29 is 14.3 Å². The molecule has 2 N–H and O–H groups in total. The third-order valence-electron chi connectivity index (χ3n) is 6.26. The SMILES string of the molecule is CCOC(=O)c1sc(Nc2nc(-c3ccc(-c4nn[nH]n4)cc3)cc(N3CCC(C=O)CC3)n2)nc1CC. The first-order valence-corrected chi connectivity index (χ1v) is 13.3. The molecular weight excluding hydrogens is 506 g/mol. The number of ether oxygens (including phenoxy) is 1. The van der Waals surface area contributed by atoms with Crippen molar-refractivity contribution >= 4 is 40.5 Å². The van der Waals surface area contributed by atoms with Crippen LogP contribution in [0.5, 0.6) is 0 Å². The molecule has 1 aliphatic heterocycles. The van der Waals surface area contributed by atoms with Gasteiger partial charge in [-0.05, 0) is 31.4 Å². The van der Waals surface area contributed by atoms with Crippen LogP contribution in [0.4, 0.5) is 16.9 Å². The molecule has 0 bridgehead atoms. The van der Waals surface area contributed by atoms with Crippen molar-refractivity contribution in [3.05, 3.63) is 40.9 Å². The Morgan fingerprint density at radius 3 is 2.58 bits per heavy atom. The van der Waals surface area contributed by atoms with Crippen LogP contribution in [0.2, 0.25) is 0 Å². The van der Waals surface area contributed by atoms with Crippen LogP contribution < -0.4 is 10.2 Å². The highest BCUT2D eigenvalue weighted by atomic mass is 32.1. The minimum atomic E-state index is -0.384. The predicted octanol–water partition coefficient (Wildman–Crippen LogP) is 3.68. The van der Waals surface area contributed by atoms with Crippen molar-refractivity contribution in [1.82, 2.24) is 35.6 Å². The topological polar surface area (TPSA) is 152 Å². The summed E-state index contributed by atoms with van der Waals surface area (Å²) >= 11 is 1.22. The zero-order valence-corrected chi connectivity index (χ0v) is 21.9. The number of aryl methyl sites for hydroxylation is 1. The molecule has 0 aliphatic carbocycles. The minimum Gasteiger partial charge on any atom is -0.462 e. The Balaban J connectivity index is 1.48. The Morgan fingerprint density at radius 2 is 1.92 bits per heavy atom. The van der Waals surface area contributed by atoms with Gasteiger partial charge in [-0.1, -0.05) is 42.5 Å². The van der Waals surface area contributed by atoms with E-state index in [4.69, 9.17) is 14.7 Å². The van der Waals surface area contributed by atoms with Crippen LogP contribution in [0.25, 0.3) is 22.6 Å². The van der Waals surface area contributed by atoms with E-state index >= 15 is 0 Å². The molecule has 0 amide bonds. The van der Waals surface area contributed by atoms with E-state index in [0.717, 1.165) is 49.2 Å². The third-order valence-corrected chi connectivity index (χ3v) is 7.26. The summed E-state index contributed by atoms with van der Waals surface area (Å²) in [5, 5.41) is 17.8. The lowest BCUT2D eigenvalue weighted by Gasteiger charge is -2.31. The van der Waals surface area contributed by atoms with Gasteiger partial charge in [-0.15, -0.1) is 10.2 Å². The maximum Gasteiger partial charge on any atom is 0.350 e. The molecule has 1 aliphatic rings. The highest BCUT2D eigenvalue weighted by Crippen LogP contribution is 2.31. The van der Waals surface area contributed by atoms with Gasteiger partial charge >= 0.3 is 5.97 Å². The van der Waals surface area contributed by atoms with E-state index in [0.29, 0.717) is 46.2 Å². The monoisotopic (exact) mass is 533 g/mol.